The Kier molecular flexibility index (Phi) is 8.27. The van der Waals surface area contributed by atoms with Crippen LogP contribution in [0, 0.1) is 21.4 Å². The van der Waals surface area contributed by atoms with Crippen LogP contribution in [0.15, 0.2) is 46.0 Å². The van der Waals surface area contributed by atoms with Crippen molar-refractivity contribution >= 4 is 58.6 Å². The number of amides is 1. The molecule has 0 radical (unpaired) electrons. The summed E-state index contributed by atoms with van der Waals surface area (Å²) in [7, 11) is 0. The Morgan fingerprint density at radius 1 is 1.24 bits per heavy atom. The van der Waals surface area contributed by atoms with Crippen LogP contribution in [-0.2, 0) is 20.1 Å². The Balaban J connectivity index is 1.36. The summed E-state index contributed by atoms with van der Waals surface area (Å²) in [5.41, 5.74) is 1.65. The monoisotopic (exact) mass is 619 g/mol. The SMILES string of the molecule is CC[C@H](O)[C@@H]1C(=O)N2C(C(=O)O)=C(SC3CCN(C4=CC(=O)CC(C)(C)C4)C3)S[C@]12SCc1ccc([N+](=O)[O-])cc1. The molecule has 13 heteroatoms. The minimum absolute atomic E-state index is 0.0251. The number of aliphatic hydroxyl groups excluding tert-OH is 1. The number of hydrogen-bond donors (Lipinski definition) is 2. The van der Waals surface area contributed by atoms with Crippen molar-refractivity contribution in [2.75, 3.05) is 13.1 Å². The van der Waals surface area contributed by atoms with Crippen LogP contribution in [0.5, 0.6) is 0 Å². The second kappa shape index (κ2) is 11.3. The molecule has 2 N–H and O–H groups in total. The second-order valence-electron chi connectivity index (χ2n) is 11.6. The minimum atomic E-state index is -1.19. The van der Waals surface area contributed by atoms with Crippen molar-refractivity contribution in [2.45, 2.75) is 67.8 Å². The largest absolute Gasteiger partial charge is 0.477 e. The number of carboxylic acid groups (broad SMARTS) is 1. The van der Waals surface area contributed by atoms with E-state index in [0.29, 0.717) is 29.4 Å². The number of allylic oxidation sites excluding steroid dienone is 2. The van der Waals surface area contributed by atoms with Gasteiger partial charge in [0.05, 0.1) is 15.3 Å². The van der Waals surface area contributed by atoms with Crippen LogP contribution in [0.3, 0.4) is 0 Å². The molecule has 0 bridgehead atoms. The number of nitrogens with zero attached hydrogens (tertiary/aromatic N) is 3. The van der Waals surface area contributed by atoms with Gasteiger partial charge in [0.25, 0.3) is 5.69 Å². The Bertz CT molecular complexity index is 1350. The lowest BCUT2D eigenvalue weighted by molar-refractivity contribution is -0.384. The second-order valence-corrected chi connectivity index (χ2v) is 15.9. The van der Waals surface area contributed by atoms with E-state index >= 15 is 0 Å². The number of fused-ring (bicyclic) bond motifs is 1. The number of carbonyl (C=O) groups is 3. The molecule has 0 spiro atoms. The number of likely N-dealkylation sites (tertiary alicyclic amines) is 1. The number of carboxylic acids is 1. The number of aliphatic hydroxyl groups is 1. The van der Waals surface area contributed by atoms with Crippen molar-refractivity contribution in [2.24, 2.45) is 11.3 Å². The molecule has 4 atom stereocenters. The van der Waals surface area contributed by atoms with Gasteiger partial charge in [-0.2, -0.15) is 0 Å². The van der Waals surface area contributed by atoms with Crippen LogP contribution < -0.4 is 0 Å². The number of carbonyl (C=O) groups excluding carboxylic acids is 2. The molecule has 3 aliphatic heterocycles. The molecule has 5 rings (SSSR count). The number of aliphatic carboxylic acids is 1. The molecule has 4 aliphatic rings. The van der Waals surface area contributed by atoms with Crippen molar-refractivity contribution in [3.8, 4) is 0 Å². The lowest BCUT2D eigenvalue weighted by atomic mass is 9.78. The molecule has 220 valence electrons. The van der Waals surface area contributed by atoms with E-state index < -0.39 is 33.0 Å². The predicted octanol–water partition coefficient (Wildman–Crippen LogP) is 4.79. The third-order valence-electron chi connectivity index (χ3n) is 7.91. The Morgan fingerprint density at radius 3 is 2.56 bits per heavy atom. The lowest BCUT2D eigenvalue weighted by Crippen LogP contribution is -2.68. The summed E-state index contributed by atoms with van der Waals surface area (Å²) in [4.78, 5) is 52.3. The lowest BCUT2D eigenvalue weighted by Gasteiger charge is -2.53. The van der Waals surface area contributed by atoms with Gasteiger partial charge in [-0.1, -0.05) is 44.7 Å². The van der Waals surface area contributed by atoms with E-state index in [0.717, 1.165) is 30.6 Å². The normalized spacial score (nSPS) is 28.0. The molecule has 2 fully saturated rings. The van der Waals surface area contributed by atoms with Crippen LogP contribution >= 0.6 is 35.3 Å². The first-order valence-electron chi connectivity index (χ1n) is 13.6. The summed E-state index contributed by atoms with van der Waals surface area (Å²) in [6.07, 6.45) is 3.31. The fourth-order valence-electron chi connectivity index (χ4n) is 5.91. The zero-order valence-electron chi connectivity index (χ0n) is 23.1. The Labute approximate surface area is 251 Å². The molecule has 1 aromatic rings. The highest BCUT2D eigenvalue weighted by molar-refractivity contribution is 8.29. The van der Waals surface area contributed by atoms with E-state index in [4.69, 9.17) is 0 Å². The highest BCUT2D eigenvalue weighted by atomic mass is 32.2. The maximum absolute atomic E-state index is 13.3. The fourth-order valence-corrected chi connectivity index (χ4v) is 11.3. The Morgan fingerprint density at radius 2 is 1.95 bits per heavy atom. The van der Waals surface area contributed by atoms with E-state index in [-0.39, 0.29) is 27.8 Å². The smallest absolute Gasteiger partial charge is 0.354 e. The van der Waals surface area contributed by atoms with Gasteiger partial charge in [-0.05, 0) is 30.2 Å². The predicted molar refractivity (Wildman–Crippen MR) is 160 cm³/mol. The molecule has 0 saturated carbocycles. The van der Waals surface area contributed by atoms with E-state index in [2.05, 4.69) is 18.7 Å². The van der Waals surface area contributed by atoms with Crippen molar-refractivity contribution < 1.29 is 29.5 Å². The van der Waals surface area contributed by atoms with Crippen LogP contribution in [0.2, 0.25) is 0 Å². The van der Waals surface area contributed by atoms with Crippen molar-refractivity contribution in [3.63, 3.8) is 0 Å². The van der Waals surface area contributed by atoms with E-state index in [1.165, 1.54) is 52.3 Å². The highest BCUT2D eigenvalue weighted by Crippen LogP contribution is 2.67. The van der Waals surface area contributed by atoms with Crippen LogP contribution in [0.1, 0.15) is 52.0 Å². The first kappa shape index (κ1) is 30.0. The molecule has 41 heavy (non-hydrogen) atoms. The minimum Gasteiger partial charge on any atom is -0.477 e. The van der Waals surface area contributed by atoms with Gasteiger partial charge in [0.2, 0.25) is 5.91 Å². The van der Waals surface area contributed by atoms with Crippen LogP contribution in [-0.4, -0.2) is 71.2 Å². The third kappa shape index (κ3) is 5.65. The molecular weight excluding hydrogens is 587 g/mol. The molecule has 0 aromatic heterocycles. The van der Waals surface area contributed by atoms with E-state index in [9.17, 15) is 34.7 Å². The van der Waals surface area contributed by atoms with E-state index in [1.54, 1.807) is 25.1 Å². The number of ketones is 1. The van der Waals surface area contributed by atoms with E-state index in [1.807, 2.05) is 0 Å². The number of benzene rings is 1. The van der Waals surface area contributed by atoms with Crippen molar-refractivity contribution in [3.05, 3.63) is 61.7 Å². The van der Waals surface area contributed by atoms with Crippen LogP contribution in [0.25, 0.3) is 0 Å². The first-order chi connectivity index (χ1) is 19.3. The number of non-ortho nitro benzene ring substituents is 1. The maximum Gasteiger partial charge on any atom is 0.354 e. The summed E-state index contributed by atoms with van der Waals surface area (Å²) in [5, 5.41) is 32.2. The maximum atomic E-state index is 13.3. The van der Waals surface area contributed by atoms with Gasteiger partial charge >= 0.3 is 5.97 Å². The third-order valence-corrected chi connectivity index (χ3v) is 12.6. The quantitative estimate of drug-likeness (QED) is 0.212. The van der Waals surface area contributed by atoms with Gasteiger partial charge in [-0.15, -0.1) is 23.5 Å². The standard InChI is InChI=1S/C28H33N3O7S3/c1-4-21(33)22-24(34)30-23(25(35)36)26(41-28(22,30)39-15-16-5-7-17(8-6-16)31(37)38)40-20-9-10-29(14-20)18-11-19(32)13-27(2,3)12-18/h5-8,11,20-22,33H,4,9-10,12-15H2,1-3H3,(H,35,36)/t20?,21-,22+,28+/m0/s1. The summed E-state index contributed by atoms with van der Waals surface area (Å²) >= 11 is 4.16. The summed E-state index contributed by atoms with van der Waals surface area (Å²) in [5.74, 6) is -1.87. The number of nitro benzene ring substituents is 1. The van der Waals surface area contributed by atoms with Gasteiger partial charge in [-0.3, -0.25) is 24.6 Å². The summed E-state index contributed by atoms with van der Waals surface area (Å²) in [6.45, 7) is 7.42. The van der Waals surface area contributed by atoms with Gasteiger partial charge in [-0.25, -0.2) is 4.79 Å². The number of thioether (sulfide) groups is 3. The first-order valence-corrected chi connectivity index (χ1v) is 16.2. The Hall–Kier alpha value is -2.48. The molecule has 1 aromatic carbocycles. The highest BCUT2D eigenvalue weighted by Gasteiger charge is 2.69. The number of nitro groups is 1. The van der Waals surface area contributed by atoms with Crippen molar-refractivity contribution in [1.29, 1.82) is 0 Å². The van der Waals surface area contributed by atoms with Gasteiger partial charge < -0.3 is 15.1 Å². The molecule has 1 amide bonds. The molecule has 1 unspecified atom stereocenters. The van der Waals surface area contributed by atoms with Crippen LogP contribution in [0.4, 0.5) is 5.69 Å². The molecule has 2 saturated heterocycles. The number of rotatable bonds is 10. The zero-order chi connectivity index (χ0) is 29.7. The summed E-state index contributed by atoms with van der Waals surface area (Å²) in [6, 6.07) is 6.14. The number of β-lactam (4-membered cyclic amide) rings is 1. The van der Waals surface area contributed by atoms with Gasteiger partial charge in [0.1, 0.15) is 5.92 Å². The van der Waals surface area contributed by atoms with Gasteiger partial charge in [0, 0.05) is 54.4 Å². The molecule has 3 heterocycles. The molecule has 1 aliphatic carbocycles. The average molecular weight is 620 g/mol. The fraction of sp³-hybridized carbons (Fsp3) is 0.536. The topological polar surface area (TPSA) is 141 Å². The van der Waals surface area contributed by atoms with Gasteiger partial charge in [0.15, 0.2) is 15.7 Å². The van der Waals surface area contributed by atoms with Crippen molar-refractivity contribution in [1.82, 2.24) is 9.80 Å². The number of hydrogen-bond acceptors (Lipinski definition) is 10. The summed E-state index contributed by atoms with van der Waals surface area (Å²) < 4.78 is -0.473. The molecular formula is C28H33N3O7S3. The zero-order valence-corrected chi connectivity index (χ0v) is 25.5. The molecule has 10 nitrogen and oxygen atoms in total. The average Bonchev–Trinajstić information content (AvgIpc) is 3.47.